The second kappa shape index (κ2) is 13.1. The molecule has 3 aromatic rings. The Morgan fingerprint density at radius 1 is 0.800 bits per heavy atom. The van der Waals surface area contributed by atoms with Crippen LogP contribution in [0.2, 0.25) is 0 Å². The zero-order valence-corrected chi connectivity index (χ0v) is 25.9. The molecular formula is C35H39F5N2O2S. The summed E-state index contributed by atoms with van der Waals surface area (Å²) in [5.74, 6) is 0.0255. The second-order valence-corrected chi connectivity index (χ2v) is 14.8. The SMILES string of the molecule is O=S(=O)(c1cccc(C(F)(F)F)c1)N(C1CC1)[C@H]1CC[C@H]2CN(CCCCCC(c3ccc(F)cc3)c3ccc(F)cc3)C[C@H]21. The van der Waals surface area contributed by atoms with Crippen LogP contribution in [0.5, 0.6) is 0 Å². The Morgan fingerprint density at radius 3 is 2.04 bits per heavy atom. The first-order chi connectivity index (χ1) is 21.5. The predicted molar refractivity (Wildman–Crippen MR) is 163 cm³/mol. The number of likely N-dealkylation sites (tertiary alicyclic amines) is 1. The topological polar surface area (TPSA) is 40.6 Å². The predicted octanol–water partition coefficient (Wildman–Crippen LogP) is 8.24. The number of fused-ring (bicyclic) bond motifs is 1. The van der Waals surface area contributed by atoms with Crippen LogP contribution in [0.3, 0.4) is 0 Å². The molecule has 0 unspecified atom stereocenters. The van der Waals surface area contributed by atoms with Gasteiger partial charge in [-0.1, -0.05) is 43.2 Å². The molecule has 2 aliphatic carbocycles. The Hall–Kier alpha value is -2.82. The molecule has 10 heteroatoms. The van der Waals surface area contributed by atoms with Crippen molar-refractivity contribution in [3.05, 3.63) is 101 Å². The molecule has 3 fully saturated rings. The van der Waals surface area contributed by atoms with E-state index in [9.17, 15) is 30.4 Å². The van der Waals surface area contributed by atoms with Gasteiger partial charge in [0.05, 0.1) is 10.5 Å². The van der Waals surface area contributed by atoms with E-state index in [4.69, 9.17) is 0 Å². The molecule has 242 valence electrons. The summed E-state index contributed by atoms with van der Waals surface area (Å²) in [6.07, 6.45) is 2.32. The quantitative estimate of drug-likeness (QED) is 0.147. The first-order valence-electron chi connectivity index (χ1n) is 15.9. The van der Waals surface area contributed by atoms with Crippen LogP contribution in [0.4, 0.5) is 22.0 Å². The van der Waals surface area contributed by atoms with E-state index in [0.717, 1.165) is 94.3 Å². The van der Waals surface area contributed by atoms with Crippen molar-refractivity contribution >= 4 is 10.0 Å². The molecule has 0 N–H and O–H groups in total. The number of alkyl halides is 3. The summed E-state index contributed by atoms with van der Waals surface area (Å²) in [5.41, 5.74) is 1.06. The summed E-state index contributed by atoms with van der Waals surface area (Å²) in [6.45, 7) is 2.61. The van der Waals surface area contributed by atoms with Gasteiger partial charge in [-0.15, -0.1) is 0 Å². The standard InChI is InChI=1S/C35H39F5N2O2S/c36-28-13-8-24(9-14-28)32(25-10-15-29(37)16-11-25)7-2-1-3-20-41-22-26-12-19-34(33(26)23-41)42(30-17-18-30)45(43,44)31-6-4-5-27(21-31)35(38,39)40/h4-6,8-11,13-16,21,26,30,32-34H,1-3,7,12,17-20,22-23H2/t26-,33+,34-/m0/s1. The minimum atomic E-state index is -4.61. The van der Waals surface area contributed by atoms with Crippen LogP contribution in [0.25, 0.3) is 0 Å². The summed E-state index contributed by atoms with van der Waals surface area (Å²) in [6, 6.07) is 16.8. The number of hydrogen-bond donors (Lipinski definition) is 0. The third kappa shape index (κ3) is 7.28. The Bertz CT molecular complexity index is 1510. The molecule has 0 spiro atoms. The molecule has 0 bridgehead atoms. The largest absolute Gasteiger partial charge is 0.416 e. The van der Waals surface area contributed by atoms with Gasteiger partial charge in [0.25, 0.3) is 0 Å². The smallest absolute Gasteiger partial charge is 0.303 e. The van der Waals surface area contributed by atoms with Crippen LogP contribution >= 0.6 is 0 Å². The van der Waals surface area contributed by atoms with E-state index >= 15 is 0 Å². The normalized spacial score (nSPS) is 22.4. The molecule has 0 amide bonds. The van der Waals surface area contributed by atoms with Gasteiger partial charge in [0.1, 0.15) is 11.6 Å². The van der Waals surface area contributed by atoms with Crippen LogP contribution in [0.15, 0.2) is 77.7 Å². The van der Waals surface area contributed by atoms with Gasteiger partial charge >= 0.3 is 6.18 Å². The van der Waals surface area contributed by atoms with Crippen molar-refractivity contribution in [2.45, 2.75) is 80.4 Å². The number of nitrogens with zero attached hydrogens (tertiary/aromatic N) is 2. The van der Waals surface area contributed by atoms with Crippen molar-refractivity contribution in [1.29, 1.82) is 0 Å². The molecular weight excluding hydrogens is 607 g/mol. The number of hydrogen-bond acceptors (Lipinski definition) is 3. The van der Waals surface area contributed by atoms with Gasteiger partial charge in [0.2, 0.25) is 10.0 Å². The molecule has 45 heavy (non-hydrogen) atoms. The molecule has 3 aliphatic rings. The molecule has 1 saturated heterocycles. The summed E-state index contributed by atoms with van der Waals surface area (Å²) < 4.78 is 96.4. The summed E-state index contributed by atoms with van der Waals surface area (Å²) in [5, 5.41) is 0. The van der Waals surface area contributed by atoms with Crippen LogP contribution < -0.4 is 0 Å². The fourth-order valence-corrected chi connectivity index (χ4v) is 9.52. The maximum atomic E-state index is 13.8. The first kappa shape index (κ1) is 32.1. The molecule has 0 radical (unpaired) electrons. The summed E-state index contributed by atoms with van der Waals surface area (Å²) in [4.78, 5) is 2.14. The van der Waals surface area contributed by atoms with E-state index in [1.54, 1.807) is 28.6 Å². The molecule has 2 saturated carbocycles. The molecule has 4 nitrogen and oxygen atoms in total. The zero-order valence-electron chi connectivity index (χ0n) is 25.1. The summed E-state index contributed by atoms with van der Waals surface area (Å²) in [7, 11) is -4.07. The fraction of sp³-hybridized carbons (Fsp3) is 0.486. The lowest BCUT2D eigenvalue weighted by Gasteiger charge is -2.32. The molecule has 0 aromatic heterocycles. The number of unbranched alkanes of at least 4 members (excludes halogenated alkanes) is 2. The molecule has 6 rings (SSSR count). The maximum absolute atomic E-state index is 13.8. The Kier molecular flexibility index (Phi) is 9.37. The molecule has 3 atom stereocenters. The van der Waals surface area contributed by atoms with Crippen molar-refractivity contribution in [2.75, 3.05) is 19.6 Å². The molecule has 3 aromatic carbocycles. The lowest BCUT2D eigenvalue weighted by molar-refractivity contribution is -0.137. The van der Waals surface area contributed by atoms with E-state index in [-0.39, 0.29) is 40.4 Å². The van der Waals surface area contributed by atoms with E-state index in [0.29, 0.717) is 5.92 Å². The van der Waals surface area contributed by atoms with Gasteiger partial charge in [-0.3, -0.25) is 0 Å². The number of benzene rings is 3. The van der Waals surface area contributed by atoms with Crippen molar-refractivity contribution in [2.24, 2.45) is 11.8 Å². The van der Waals surface area contributed by atoms with Gasteiger partial charge in [-0.2, -0.15) is 17.5 Å². The lowest BCUT2D eigenvalue weighted by Crippen LogP contribution is -2.45. The lowest BCUT2D eigenvalue weighted by atomic mass is 9.87. The third-order valence-corrected chi connectivity index (χ3v) is 11.9. The van der Waals surface area contributed by atoms with Crippen LogP contribution in [-0.4, -0.2) is 49.3 Å². The van der Waals surface area contributed by atoms with Gasteiger partial charge in [-0.05, 0) is 110 Å². The number of halogens is 5. The molecule has 1 heterocycles. The highest BCUT2D eigenvalue weighted by Crippen LogP contribution is 2.46. The maximum Gasteiger partial charge on any atom is 0.416 e. The first-order valence-corrected chi connectivity index (χ1v) is 17.4. The van der Waals surface area contributed by atoms with Gasteiger partial charge < -0.3 is 4.90 Å². The average molecular weight is 647 g/mol. The summed E-state index contributed by atoms with van der Waals surface area (Å²) >= 11 is 0. The highest BCUT2D eigenvalue weighted by molar-refractivity contribution is 7.89. The third-order valence-electron chi connectivity index (χ3n) is 9.88. The highest BCUT2D eigenvalue weighted by Gasteiger charge is 2.52. The van der Waals surface area contributed by atoms with Crippen molar-refractivity contribution < 1.29 is 30.4 Å². The minimum Gasteiger partial charge on any atom is -0.303 e. The van der Waals surface area contributed by atoms with Crippen molar-refractivity contribution in [3.63, 3.8) is 0 Å². The van der Waals surface area contributed by atoms with Crippen molar-refractivity contribution in [1.82, 2.24) is 9.21 Å². The molecule has 1 aliphatic heterocycles. The average Bonchev–Trinajstić information content (AvgIpc) is 3.65. The van der Waals surface area contributed by atoms with Gasteiger partial charge in [0.15, 0.2) is 0 Å². The van der Waals surface area contributed by atoms with E-state index in [1.165, 1.54) is 36.4 Å². The highest BCUT2D eigenvalue weighted by atomic mass is 32.2. The van der Waals surface area contributed by atoms with Gasteiger partial charge in [0, 0.05) is 31.1 Å². The number of sulfonamides is 1. The van der Waals surface area contributed by atoms with E-state index in [1.807, 2.05) is 0 Å². The minimum absolute atomic E-state index is 0.0466. The fourth-order valence-electron chi connectivity index (χ4n) is 7.53. The second-order valence-electron chi connectivity index (χ2n) is 12.9. The van der Waals surface area contributed by atoms with Gasteiger partial charge in [-0.25, -0.2) is 17.2 Å². The number of rotatable bonds is 12. The van der Waals surface area contributed by atoms with Crippen LogP contribution in [0, 0.1) is 23.5 Å². The van der Waals surface area contributed by atoms with Crippen LogP contribution in [0.1, 0.15) is 74.0 Å². The Labute approximate surface area is 262 Å². The van der Waals surface area contributed by atoms with Crippen molar-refractivity contribution in [3.8, 4) is 0 Å². The Balaban J connectivity index is 1.05. The monoisotopic (exact) mass is 646 g/mol. The zero-order chi connectivity index (χ0) is 31.8. The van der Waals surface area contributed by atoms with Crippen LogP contribution in [-0.2, 0) is 16.2 Å². The van der Waals surface area contributed by atoms with E-state index < -0.39 is 21.8 Å². The van der Waals surface area contributed by atoms with E-state index in [2.05, 4.69) is 4.90 Å². The Morgan fingerprint density at radius 2 is 1.44 bits per heavy atom.